The van der Waals surface area contributed by atoms with Crippen LogP contribution in [0.15, 0.2) is 18.2 Å². The van der Waals surface area contributed by atoms with Crippen LogP contribution in [0, 0.1) is 0 Å². The number of benzene rings is 1. The molecule has 0 heterocycles. The first-order valence-corrected chi connectivity index (χ1v) is 4.62. The molecule has 0 fully saturated rings. The number of hydrogen-bond acceptors (Lipinski definition) is 2. The molecule has 2 N–H and O–H groups in total. The van der Waals surface area contributed by atoms with E-state index < -0.39 is 0 Å². The molecule has 0 saturated heterocycles. The van der Waals surface area contributed by atoms with E-state index in [-0.39, 0.29) is 18.4 Å². The number of nitrogens with two attached hydrogens (primary N) is 1. The van der Waals surface area contributed by atoms with Gasteiger partial charge >= 0.3 is 0 Å². The van der Waals surface area contributed by atoms with Crippen molar-refractivity contribution in [2.24, 2.45) is 5.73 Å². The molecule has 0 aromatic heterocycles. The third-order valence-electron chi connectivity index (χ3n) is 1.99. The normalized spacial score (nSPS) is 11.8. The Labute approximate surface area is 96.4 Å². The van der Waals surface area contributed by atoms with Gasteiger partial charge in [-0.05, 0) is 24.6 Å². The lowest BCUT2D eigenvalue weighted by atomic mass is 10.1. The van der Waals surface area contributed by atoms with Gasteiger partial charge in [0.15, 0.2) is 0 Å². The smallest absolute Gasteiger partial charge is 0.0474 e. The van der Waals surface area contributed by atoms with Gasteiger partial charge in [-0.2, -0.15) is 0 Å². The summed E-state index contributed by atoms with van der Waals surface area (Å²) in [5.41, 5.74) is 7.83. The topological polar surface area (TPSA) is 29.3 Å². The number of nitrogens with zero attached hydrogens (tertiary/aromatic N) is 1. The SMILES string of the molecule is C[C@H](N)c1ccc(N(C)C)cc1Cl.Cl. The first kappa shape index (κ1) is 13.6. The quantitative estimate of drug-likeness (QED) is 0.853. The summed E-state index contributed by atoms with van der Waals surface area (Å²) in [7, 11) is 3.97. The lowest BCUT2D eigenvalue weighted by Gasteiger charge is -2.15. The predicted molar refractivity (Wildman–Crippen MR) is 65.6 cm³/mol. The van der Waals surface area contributed by atoms with Crippen LogP contribution < -0.4 is 10.6 Å². The fourth-order valence-electron chi connectivity index (χ4n) is 1.16. The molecule has 0 aliphatic rings. The zero-order valence-electron chi connectivity index (χ0n) is 8.62. The Morgan fingerprint density at radius 1 is 1.36 bits per heavy atom. The Morgan fingerprint density at radius 2 is 1.93 bits per heavy atom. The number of anilines is 1. The van der Waals surface area contributed by atoms with Crippen LogP contribution in [0.1, 0.15) is 18.5 Å². The van der Waals surface area contributed by atoms with Gasteiger partial charge in [0.05, 0.1) is 0 Å². The molecular weight excluding hydrogens is 219 g/mol. The van der Waals surface area contributed by atoms with Crippen LogP contribution in [-0.2, 0) is 0 Å². The molecule has 0 aliphatic carbocycles. The van der Waals surface area contributed by atoms with Crippen molar-refractivity contribution in [3.05, 3.63) is 28.8 Å². The molecule has 0 bridgehead atoms. The van der Waals surface area contributed by atoms with E-state index in [0.29, 0.717) is 0 Å². The number of hydrogen-bond donors (Lipinski definition) is 1. The number of rotatable bonds is 2. The maximum absolute atomic E-state index is 6.06. The average Bonchev–Trinajstić information content (AvgIpc) is 2.03. The minimum absolute atomic E-state index is 0. The second kappa shape index (κ2) is 5.44. The van der Waals surface area contributed by atoms with Crippen molar-refractivity contribution in [2.75, 3.05) is 19.0 Å². The largest absolute Gasteiger partial charge is 0.378 e. The molecule has 0 unspecified atom stereocenters. The highest BCUT2D eigenvalue weighted by molar-refractivity contribution is 6.31. The van der Waals surface area contributed by atoms with Crippen LogP contribution in [0.5, 0.6) is 0 Å². The van der Waals surface area contributed by atoms with Crippen molar-refractivity contribution >= 4 is 29.7 Å². The Hall–Kier alpha value is -0.440. The van der Waals surface area contributed by atoms with Gasteiger partial charge in [0.1, 0.15) is 0 Å². The van der Waals surface area contributed by atoms with Crippen LogP contribution in [0.25, 0.3) is 0 Å². The molecule has 0 saturated carbocycles. The van der Waals surface area contributed by atoms with Gasteiger partial charge in [-0.1, -0.05) is 17.7 Å². The summed E-state index contributed by atoms with van der Waals surface area (Å²) in [5, 5.41) is 0.737. The van der Waals surface area contributed by atoms with Crippen LogP contribution in [0.2, 0.25) is 5.02 Å². The van der Waals surface area contributed by atoms with Crippen molar-refractivity contribution in [3.63, 3.8) is 0 Å². The van der Waals surface area contributed by atoms with Crippen LogP contribution in [-0.4, -0.2) is 14.1 Å². The molecule has 1 rings (SSSR count). The molecule has 14 heavy (non-hydrogen) atoms. The monoisotopic (exact) mass is 234 g/mol. The van der Waals surface area contributed by atoms with Gasteiger partial charge in [0.25, 0.3) is 0 Å². The summed E-state index contributed by atoms with van der Waals surface area (Å²) in [6.07, 6.45) is 0. The van der Waals surface area contributed by atoms with Crippen LogP contribution in [0.3, 0.4) is 0 Å². The predicted octanol–water partition coefficient (Wildman–Crippen LogP) is 2.85. The van der Waals surface area contributed by atoms with E-state index in [1.807, 2.05) is 44.1 Å². The molecule has 1 atom stereocenters. The zero-order chi connectivity index (χ0) is 10.0. The van der Waals surface area contributed by atoms with Gasteiger partial charge in [-0.25, -0.2) is 0 Å². The van der Waals surface area contributed by atoms with Crippen molar-refractivity contribution in [1.29, 1.82) is 0 Å². The van der Waals surface area contributed by atoms with Gasteiger partial charge in [-0.3, -0.25) is 0 Å². The fraction of sp³-hybridized carbons (Fsp3) is 0.400. The van der Waals surface area contributed by atoms with Gasteiger partial charge in [-0.15, -0.1) is 12.4 Å². The summed E-state index contributed by atoms with van der Waals surface area (Å²) in [4.78, 5) is 2.01. The zero-order valence-corrected chi connectivity index (χ0v) is 10.2. The highest BCUT2D eigenvalue weighted by Crippen LogP contribution is 2.25. The summed E-state index contributed by atoms with van der Waals surface area (Å²) in [6.45, 7) is 1.93. The molecule has 1 aromatic carbocycles. The van der Waals surface area contributed by atoms with Gasteiger partial charge in [0.2, 0.25) is 0 Å². The van der Waals surface area contributed by atoms with E-state index in [2.05, 4.69) is 0 Å². The van der Waals surface area contributed by atoms with E-state index >= 15 is 0 Å². The molecule has 0 spiro atoms. The summed E-state index contributed by atoms with van der Waals surface area (Å²) < 4.78 is 0. The molecule has 4 heteroatoms. The second-order valence-electron chi connectivity index (χ2n) is 3.39. The van der Waals surface area contributed by atoms with Crippen molar-refractivity contribution in [1.82, 2.24) is 0 Å². The first-order valence-electron chi connectivity index (χ1n) is 4.24. The van der Waals surface area contributed by atoms with Crippen molar-refractivity contribution in [3.8, 4) is 0 Å². The average molecular weight is 235 g/mol. The van der Waals surface area contributed by atoms with Crippen LogP contribution >= 0.6 is 24.0 Å². The third kappa shape index (κ3) is 3.05. The minimum atomic E-state index is -0.0105. The van der Waals surface area contributed by atoms with Crippen molar-refractivity contribution in [2.45, 2.75) is 13.0 Å². The lowest BCUT2D eigenvalue weighted by molar-refractivity contribution is 0.818. The van der Waals surface area contributed by atoms with Gasteiger partial charge in [0, 0.05) is 30.8 Å². The second-order valence-corrected chi connectivity index (χ2v) is 3.80. The maximum atomic E-state index is 6.06. The van der Waals surface area contributed by atoms with E-state index in [9.17, 15) is 0 Å². The van der Waals surface area contributed by atoms with E-state index in [1.54, 1.807) is 0 Å². The summed E-state index contributed by atoms with van der Waals surface area (Å²) >= 11 is 6.06. The van der Waals surface area contributed by atoms with Gasteiger partial charge < -0.3 is 10.6 Å². The standard InChI is InChI=1S/C10H15ClN2.ClH/c1-7(12)9-5-4-8(13(2)3)6-10(9)11;/h4-7H,12H2,1-3H3;1H/t7-;/m0./s1. The number of halogens is 2. The third-order valence-corrected chi connectivity index (χ3v) is 2.32. The first-order chi connectivity index (χ1) is 6.02. The fourth-order valence-corrected chi connectivity index (χ4v) is 1.51. The molecule has 0 amide bonds. The summed E-state index contributed by atoms with van der Waals surface area (Å²) in [5.74, 6) is 0. The Balaban J connectivity index is 0.00000169. The molecule has 1 aromatic rings. The summed E-state index contributed by atoms with van der Waals surface area (Å²) in [6, 6.07) is 5.91. The van der Waals surface area contributed by atoms with E-state index in [1.165, 1.54) is 0 Å². The maximum Gasteiger partial charge on any atom is 0.0474 e. The highest BCUT2D eigenvalue weighted by atomic mass is 35.5. The van der Waals surface area contributed by atoms with Crippen molar-refractivity contribution < 1.29 is 0 Å². The molecular formula is C10H16Cl2N2. The minimum Gasteiger partial charge on any atom is -0.378 e. The Morgan fingerprint density at radius 3 is 2.29 bits per heavy atom. The lowest BCUT2D eigenvalue weighted by Crippen LogP contribution is -2.10. The Bertz CT molecular complexity index is 298. The van der Waals surface area contributed by atoms with E-state index in [0.717, 1.165) is 16.3 Å². The van der Waals surface area contributed by atoms with Crippen LogP contribution in [0.4, 0.5) is 5.69 Å². The molecule has 2 nitrogen and oxygen atoms in total. The Kier molecular flexibility index (Phi) is 5.27. The molecule has 0 aliphatic heterocycles. The highest BCUT2D eigenvalue weighted by Gasteiger charge is 2.06. The molecule has 0 radical (unpaired) electrons. The van der Waals surface area contributed by atoms with E-state index in [4.69, 9.17) is 17.3 Å². The molecule has 80 valence electrons.